The number of carbonyl (C=O) groups excluding carboxylic acids is 1. The lowest BCUT2D eigenvalue weighted by molar-refractivity contribution is -0.117. The van der Waals surface area contributed by atoms with Gasteiger partial charge in [0.1, 0.15) is 5.69 Å². The van der Waals surface area contributed by atoms with Crippen LogP contribution in [0.2, 0.25) is 0 Å². The van der Waals surface area contributed by atoms with Gasteiger partial charge in [-0.2, -0.15) is 10.1 Å². The normalized spacial score (nSPS) is 17.7. The predicted octanol–water partition coefficient (Wildman–Crippen LogP) is 3.59. The first kappa shape index (κ1) is 15.4. The first-order valence-corrected chi connectivity index (χ1v) is 6.48. The van der Waals surface area contributed by atoms with Crippen molar-refractivity contribution in [3.8, 4) is 0 Å². The van der Waals surface area contributed by atoms with Crippen molar-refractivity contribution in [2.45, 2.75) is 10.2 Å². The van der Waals surface area contributed by atoms with Crippen LogP contribution in [0.3, 0.4) is 0 Å². The second kappa shape index (κ2) is 4.76. The van der Waals surface area contributed by atoms with Crippen LogP contribution in [0.1, 0.15) is 6.92 Å². The Bertz CT molecular complexity index is 633. The van der Waals surface area contributed by atoms with Crippen LogP contribution in [0.15, 0.2) is 5.10 Å². The predicted molar refractivity (Wildman–Crippen MR) is 67.4 cm³/mol. The van der Waals surface area contributed by atoms with Crippen molar-refractivity contribution in [1.29, 1.82) is 0 Å². The fourth-order valence-corrected chi connectivity index (χ4v) is 1.97. The zero-order valence-corrected chi connectivity index (χ0v) is 12.6. The lowest BCUT2D eigenvalue weighted by Gasteiger charge is -2.17. The number of amides is 1. The average molecular weight is 422 g/mol. The van der Waals surface area contributed by atoms with E-state index in [9.17, 15) is 26.7 Å². The van der Waals surface area contributed by atoms with Crippen LogP contribution >= 0.6 is 31.9 Å². The average Bonchev–Trinajstić information content (AvgIpc) is 2.58. The molecular weight excluding hydrogens is 419 g/mol. The van der Waals surface area contributed by atoms with Crippen LogP contribution in [0.4, 0.5) is 27.6 Å². The van der Waals surface area contributed by atoms with E-state index in [0.29, 0.717) is 0 Å². The van der Waals surface area contributed by atoms with Crippen LogP contribution in [0.25, 0.3) is 0 Å². The Morgan fingerprint density at radius 2 is 1.35 bits per heavy atom. The highest BCUT2D eigenvalue weighted by molar-refractivity contribution is 9.26. The summed E-state index contributed by atoms with van der Waals surface area (Å²) in [6.45, 7) is 1.33. The lowest BCUT2D eigenvalue weighted by Crippen LogP contribution is -2.35. The van der Waals surface area contributed by atoms with Crippen LogP contribution in [0.5, 0.6) is 0 Å². The molecule has 0 saturated heterocycles. The van der Waals surface area contributed by atoms with E-state index in [-0.39, 0.29) is 10.7 Å². The van der Waals surface area contributed by atoms with E-state index in [0.717, 1.165) is 0 Å². The summed E-state index contributed by atoms with van der Waals surface area (Å²) in [5.74, 6) is -11.9. The van der Waals surface area contributed by atoms with E-state index >= 15 is 0 Å². The molecule has 0 fully saturated rings. The number of hydrogen-bond acceptors (Lipinski definition) is 2. The molecule has 1 heterocycles. The van der Waals surface area contributed by atoms with E-state index in [2.05, 4.69) is 37.0 Å². The monoisotopic (exact) mass is 420 g/mol. The highest BCUT2D eigenvalue weighted by atomic mass is 79.9. The van der Waals surface area contributed by atoms with Crippen LogP contribution in [-0.2, 0) is 4.79 Å². The summed E-state index contributed by atoms with van der Waals surface area (Å²) in [6.07, 6.45) is 0. The largest absolute Gasteiger partial charge is 0.281 e. The van der Waals surface area contributed by atoms with Gasteiger partial charge >= 0.3 is 0 Å². The Balaban J connectivity index is 2.71. The maximum atomic E-state index is 13.6. The molecule has 2 rings (SSSR count). The van der Waals surface area contributed by atoms with Crippen molar-refractivity contribution < 1.29 is 26.7 Å². The number of hydrazone groups is 1. The van der Waals surface area contributed by atoms with Gasteiger partial charge in [0.2, 0.25) is 5.82 Å². The second-order valence-corrected chi connectivity index (χ2v) is 7.24. The smallest absolute Gasteiger partial charge is 0.269 e. The summed E-state index contributed by atoms with van der Waals surface area (Å²) >= 11 is 5.80. The molecule has 108 valence electrons. The molecule has 3 nitrogen and oxygen atoms in total. The minimum atomic E-state index is -2.31. The fraction of sp³-hybridized carbons (Fsp3) is 0.200. The van der Waals surface area contributed by atoms with Crippen molar-refractivity contribution in [2.24, 2.45) is 5.10 Å². The standard InChI is InChI=1S/C10H3Br2F5N2O/c1-2-10(11,12)9(20)19(18-2)8-6(16)4(14)3(13)5(15)7(8)17/h1H3. The van der Waals surface area contributed by atoms with Crippen molar-refractivity contribution in [2.75, 3.05) is 5.01 Å². The molecular formula is C10H3Br2F5N2O. The number of alkyl halides is 2. The molecule has 1 aromatic carbocycles. The van der Waals surface area contributed by atoms with Crippen molar-refractivity contribution in [3.05, 3.63) is 29.1 Å². The van der Waals surface area contributed by atoms with Crippen molar-refractivity contribution >= 4 is 49.2 Å². The van der Waals surface area contributed by atoms with E-state index in [1.165, 1.54) is 6.92 Å². The number of rotatable bonds is 1. The summed E-state index contributed by atoms with van der Waals surface area (Å²) in [7, 11) is 0. The zero-order chi connectivity index (χ0) is 15.4. The van der Waals surface area contributed by atoms with Gasteiger partial charge in [0.15, 0.2) is 26.5 Å². The number of nitrogens with zero attached hydrogens (tertiary/aromatic N) is 2. The Morgan fingerprint density at radius 3 is 1.70 bits per heavy atom. The molecule has 0 unspecified atom stereocenters. The van der Waals surface area contributed by atoms with Gasteiger partial charge in [-0.25, -0.2) is 22.0 Å². The Kier molecular flexibility index (Phi) is 3.66. The summed E-state index contributed by atoms with van der Waals surface area (Å²) in [5, 5.41) is 3.62. The molecule has 1 aliphatic rings. The number of hydrogen-bond donors (Lipinski definition) is 0. The van der Waals surface area contributed by atoms with Gasteiger partial charge in [0.25, 0.3) is 5.91 Å². The van der Waals surface area contributed by atoms with Gasteiger partial charge in [-0.1, -0.05) is 31.9 Å². The molecule has 0 aliphatic carbocycles. The third-order valence-corrected chi connectivity index (χ3v) is 4.39. The quantitative estimate of drug-likeness (QED) is 0.295. The molecule has 1 aromatic rings. The molecule has 0 N–H and O–H groups in total. The Hall–Kier alpha value is -1.03. The lowest BCUT2D eigenvalue weighted by atomic mass is 10.2. The first-order valence-electron chi connectivity index (χ1n) is 4.90. The molecule has 20 heavy (non-hydrogen) atoms. The van der Waals surface area contributed by atoms with Crippen molar-refractivity contribution in [3.63, 3.8) is 0 Å². The first-order chi connectivity index (χ1) is 9.10. The number of carbonyl (C=O) groups is 1. The van der Waals surface area contributed by atoms with Crippen LogP contribution in [-0.4, -0.2) is 14.9 Å². The molecule has 1 amide bonds. The zero-order valence-electron chi connectivity index (χ0n) is 9.45. The fourth-order valence-electron chi connectivity index (χ4n) is 1.48. The minimum Gasteiger partial charge on any atom is -0.269 e. The highest BCUT2D eigenvalue weighted by Crippen LogP contribution is 2.40. The summed E-state index contributed by atoms with van der Waals surface area (Å²) in [5.41, 5.74) is -1.39. The van der Waals surface area contributed by atoms with Gasteiger partial charge in [-0.05, 0) is 6.92 Å². The topological polar surface area (TPSA) is 32.7 Å². The van der Waals surface area contributed by atoms with Crippen molar-refractivity contribution in [1.82, 2.24) is 0 Å². The maximum absolute atomic E-state index is 13.6. The molecule has 0 bridgehead atoms. The number of anilines is 1. The Labute approximate surface area is 125 Å². The molecule has 0 radical (unpaired) electrons. The van der Waals surface area contributed by atoms with Crippen LogP contribution in [0, 0.1) is 29.1 Å². The highest BCUT2D eigenvalue weighted by Gasteiger charge is 2.48. The van der Waals surface area contributed by atoms with Crippen LogP contribution < -0.4 is 5.01 Å². The van der Waals surface area contributed by atoms with Gasteiger partial charge in [-0.3, -0.25) is 4.79 Å². The summed E-state index contributed by atoms with van der Waals surface area (Å²) < 4.78 is 64.8. The second-order valence-electron chi connectivity index (χ2n) is 3.80. The molecule has 0 saturated carbocycles. The van der Waals surface area contributed by atoms with Gasteiger partial charge in [-0.15, -0.1) is 0 Å². The molecule has 0 spiro atoms. The summed E-state index contributed by atoms with van der Waals surface area (Å²) in [4.78, 5) is 11.9. The van der Waals surface area contributed by atoms with Gasteiger partial charge < -0.3 is 0 Å². The number of halogens is 7. The SMILES string of the molecule is CC1=NN(c2c(F)c(F)c(F)c(F)c2F)C(=O)C1(Br)Br. The molecule has 1 aliphatic heterocycles. The van der Waals surface area contributed by atoms with E-state index in [1.54, 1.807) is 0 Å². The number of benzene rings is 1. The van der Waals surface area contributed by atoms with E-state index in [4.69, 9.17) is 0 Å². The third kappa shape index (κ3) is 1.96. The van der Waals surface area contributed by atoms with E-state index in [1.807, 2.05) is 0 Å². The van der Waals surface area contributed by atoms with E-state index < -0.39 is 43.9 Å². The van der Waals surface area contributed by atoms with Gasteiger partial charge in [0.05, 0.1) is 5.71 Å². The molecule has 0 atom stereocenters. The van der Waals surface area contributed by atoms with Gasteiger partial charge in [0, 0.05) is 0 Å². The maximum Gasteiger partial charge on any atom is 0.281 e. The summed E-state index contributed by atoms with van der Waals surface area (Å²) in [6, 6.07) is 0. The Morgan fingerprint density at radius 1 is 0.950 bits per heavy atom. The third-order valence-electron chi connectivity index (χ3n) is 2.56. The minimum absolute atomic E-state index is 0.0337. The molecule has 10 heteroatoms. The molecule has 0 aromatic heterocycles.